The van der Waals surface area contributed by atoms with E-state index in [1.807, 2.05) is 6.07 Å². The first-order chi connectivity index (χ1) is 8.59. The Bertz CT molecular complexity index is 637. The van der Waals surface area contributed by atoms with Crippen molar-refractivity contribution in [2.75, 3.05) is 0 Å². The molecule has 0 bridgehead atoms. The van der Waals surface area contributed by atoms with Crippen LogP contribution in [-0.4, -0.2) is 21.5 Å². The summed E-state index contributed by atoms with van der Waals surface area (Å²) in [5, 5.41) is 9.68. The van der Waals surface area contributed by atoms with Gasteiger partial charge < -0.3 is 5.32 Å². The van der Waals surface area contributed by atoms with Crippen LogP contribution in [0.5, 0.6) is 0 Å². The zero-order valence-electron chi connectivity index (χ0n) is 9.74. The first-order valence-corrected chi connectivity index (χ1v) is 5.91. The fourth-order valence-electron chi connectivity index (χ4n) is 1.62. The molecule has 0 aliphatic heterocycles. The highest BCUT2D eigenvalue weighted by atomic mass is 35.5. The lowest BCUT2D eigenvalue weighted by atomic mass is 10.1. The number of aromatic amines is 1. The van der Waals surface area contributed by atoms with Crippen molar-refractivity contribution < 1.29 is 4.79 Å². The Kier molecular flexibility index (Phi) is 3.62. The maximum absolute atomic E-state index is 11.6. The summed E-state index contributed by atoms with van der Waals surface area (Å²) in [7, 11) is 0. The predicted octanol–water partition coefficient (Wildman–Crippen LogP) is 1.17. The van der Waals surface area contributed by atoms with Gasteiger partial charge in [-0.1, -0.05) is 18.2 Å². The van der Waals surface area contributed by atoms with Gasteiger partial charge in [0.15, 0.2) is 0 Å². The summed E-state index contributed by atoms with van der Waals surface area (Å²) in [5.41, 5.74) is 0.363. The van der Waals surface area contributed by atoms with Gasteiger partial charge in [0.2, 0.25) is 5.91 Å². The molecule has 0 spiro atoms. The van der Waals surface area contributed by atoms with E-state index < -0.39 is 5.38 Å². The zero-order chi connectivity index (χ0) is 13.1. The van der Waals surface area contributed by atoms with E-state index in [9.17, 15) is 9.59 Å². The van der Waals surface area contributed by atoms with Crippen LogP contribution in [-0.2, 0) is 11.3 Å². The molecule has 1 amide bonds. The van der Waals surface area contributed by atoms with Crippen molar-refractivity contribution in [2.24, 2.45) is 0 Å². The minimum atomic E-state index is -0.598. The minimum absolute atomic E-state index is 0.229. The molecule has 2 rings (SSSR count). The fourth-order valence-corrected chi connectivity index (χ4v) is 1.69. The number of carbonyl (C=O) groups excluding carboxylic acids is 1. The van der Waals surface area contributed by atoms with Gasteiger partial charge >= 0.3 is 0 Å². The van der Waals surface area contributed by atoms with E-state index in [4.69, 9.17) is 11.6 Å². The molecule has 1 aromatic heterocycles. The van der Waals surface area contributed by atoms with Gasteiger partial charge in [-0.3, -0.25) is 9.59 Å². The van der Waals surface area contributed by atoms with E-state index in [1.54, 1.807) is 25.1 Å². The third-order valence-electron chi connectivity index (χ3n) is 2.57. The second kappa shape index (κ2) is 5.18. The van der Waals surface area contributed by atoms with Crippen LogP contribution in [0.4, 0.5) is 0 Å². The molecule has 1 heterocycles. The fraction of sp³-hybridized carbons (Fsp3) is 0.250. The molecule has 94 valence electrons. The number of H-pyrrole nitrogens is 1. The lowest BCUT2D eigenvalue weighted by Crippen LogP contribution is -2.30. The number of halogens is 1. The van der Waals surface area contributed by atoms with Crippen LogP contribution in [0.25, 0.3) is 10.8 Å². The molecule has 1 aromatic carbocycles. The maximum Gasteiger partial charge on any atom is 0.272 e. The van der Waals surface area contributed by atoms with Gasteiger partial charge in [0.25, 0.3) is 5.56 Å². The number of hydrogen-bond donors (Lipinski definition) is 2. The molecule has 5 nitrogen and oxygen atoms in total. The number of fused-ring (bicyclic) bond motifs is 1. The number of alkyl halides is 1. The van der Waals surface area contributed by atoms with Crippen molar-refractivity contribution >= 4 is 28.3 Å². The molecule has 0 unspecified atom stereocenters. The summed E-state index contributed by atoms with van der Waals surface area (Å²) >= 11 is 5.65. The van der Waals surface area contributed by atoms with Crippen LogP contribution in [0, 0.1) is 0 Å². The molecule has 2 aromatic rings. The van der Waals surface area contributed by atoms with E-state index in [0.29, 0.717) is 11.1 Å². The highest BCUT2D eigenvalue weighted by Gasteiger charge is 2.10. The van der Waals surface area contributed by atoms with Crippen molar-refractivity contribution in [3.63, 3.8) is 0 Å². The van der Waals surface area contributed by atoms with Crippen LogP contribution >= 0.6 is 11.6 Å². The van der Waals surface area contributed by atoms with Gasteiger partial charge in [0.1, 0.15) is 5.38 Å². The topological polar surface area (TPSA) is 74.8 Å². The van der Waals surface area contributed by atoms with Crippen molar-refractivity contribution in [1.29, 1.82) is 0 Å². The third kappa shape index (κ3) is 2.51. The van der Waals surface area contributed by atoms with E-state index in [0.717, 1.165) is 5.39 Å². The number of nitrogens with one attached hydrogen (secondary N) is 2. The molecule has 2 N–H and O–H groups in total. The summed E-state index contributed by atoms with van der Waals surface area (Å²) in [4.78, 5) is 22.9. The smallest absolute Gasteiger partial charge is 0.272 e. The van der Waals surface area contributed by atoms with Gasteiger partial charge in [-0.15, -0.1) is 11.6 Å². The first kappa shape index (κ1) is 12.6. The lowest BCUT2D eigenvalue weighted by Gasteiger charge is -2.07. The SMILES string of the molecule is C[C@@H](Cl)C(=O)NCc1n[nH]c(=O)c2ccccc12. The van der Waals surface area contributed by atoms with Crippen molar-refractivity contribution in [3.05, 3.63) is 40.3 Å². The number of nitrogens with zero attached hydrogens (tertiary/aromatic N) is 1. The van der Waals surface area contributed by atoms with Gasteiger partial charge in [0.05, 0.1) is 17.6 Å². The molecule has 0 radical (unpaired) electrons. The maximum atomic E-state index is 11.6. The normalized spacial score (nSPS) is 12.3. The second-order valence-corrected chi connectivity index (χ2v) is 4.53. The molecule has 0 saturated heterocycles. The van der Waals surface area contributed by atoms with E-state index in [1.165, 1.54) is 0 Å². The van der Waals surface area contributed by atoms with Crippen LogP contribution in [0.3, 0.4) is 0 Å². The Hall–Kier alpha value is -1.88. The van der Waals surface area contributed by atoms with Gasteiger partial charge in [-0.2, -0.15) is 5.10 Å². The minimum Gasteiger partial charge on any atom is -0.349 e. The summed E-state index contributed by atoms with van der Waals surface area (Å²) in [6.45, 7) is 1.82. The quantitative estimate of drug-likeness (QED) is 0.818. The molecule has 0 aliphatic carbocycles. The molecular formula is C12H12ClN3O2. The Morgan fingerprint density at radius 1 is 1.44 bits per heavy atom. The number of aromatic nitrogens is 2. The van der Waals surface area contributed by atoms with E-state index in [2.05, 4.69) is 15.5 Å². The molecule has 6 heteroatoms. The number of rotatable bonds is 3. The summed E-state index contributed by atoms with van der Waals surface area (Å²) in [6.07, 6.45) is 0. The molecular weight excluding hydrogens is 254 g/mol. The summed E-state index contributed by atoms with van der Waals surface area (Å²) in [5.74, 6) is -0.270. The number of benzene rings is 1. The summed E-state index contributed by atoms with van der Waals surface area (Å²) in [6, 6.07) is 7.11. The van der Waals surface area contributed by atoms with E-state index >= 15 is 0 Å². The molecule has 0 fully saturated rings. The third-order valence-corrected chi connectivity index (χ3v) is 2.76. The summed E-state index contributed by atoms with van der Waals surface area (Å²) < 4.78 is 0. The number of carbonyl (C=O) groups is 1. The number of amides is 1. The molecule has 0 aliphatic rings. The average Bonchev–Trinajstić information content (AvgIpc) is 2.38. The van der Waals surface area contributed by atoms with Crippen molar-refractivity contribution in [3.8, 4) is 0 Å². The second-order valence-electron chi connectivity index (χ2n) is 3.88. The van der Waals surface area contributed by atoms with Crippen LogP contribution in [0.15, 0.2) is 29.1 Å². The van der Waals surface area contributed by atoms with Gasteiger partial charge in [-0.25, -0.2) is 5.10 Å². The Morgan fingerprint density at radius 2 is 2.11 bits per heavy atom. The zero-order valence-corrected chi connectivity index (χ0v) is 10.5. The standard InChI is InChI=1S/C12H12ClN3O2/c1-7(13)11(17)14-6-10-8-4-2-3-5-9(8)12(18)16-15-10/h2-5,7H,6H2,1H3,(H,14,17)(H,16,18)/t7-/m1/s1. The van der Waals surface area contributed by atoms with Crippen LogP contribution in [0.1, 0.15) is 12.6 Å². The van der Waals surface area contributed by atoms with Crippen molar-refractivity contribution in [1.82, 2.24) is 15.5 Å². The van der Waals surface area contributed by atoms with E-state index in [-0.39, 0.29) is 18.0 Å². The highest BCUT2D eigenvalue weighted by molar-refractivity contribution is 6.30. The molecule has 1 atom stereocenters. The van der Waals surface area contributed by atoms with Crippen LogP contribution < -0.4 is 10.9 Å². The van der Waals surface area contributed by atoms with Crippen molar-refractivity contribution in [2.45, 2.75) is 18.8 Å². The van der Waals surface area contributed by atoms with Crippen LogP contribution in [0.2, 0.25) is 0 Å². The average molecular weight is 266 g/mol. The highest BCUT2D eigenvalue weighted by Crippen LogP contribution is 2.11. The van der Waals surface area contributed by atoms with Gasteiger partial charge in [0, 0.05) is 5.39 Å². The first-order valence-electron chi connectivity index (χ1n) is 5.47. The largest absolute Gasteiger partial charge is 0.349 e. The Balaban J connectivity index is 2.32. The lowest BCUT2D eigenvalue weighted by molar-refractivity contribution is -0.120. The Labute approximate surface area is 108 Å². The predicted molar refractivity (Wildman–Crippen MR) is 69.5 cm³/mol. The molecule has 0 saturated carbocycles. The number of hydrogen-bond acceptors (Lipinski definition) is 3. The monoisotopic (exact) mass is 265 g/mol. The Morgan fingerprint density at radius 3 is 2.78 bits per heavy atom. The van der Waals surface area contributed by atoms with Gasteiger partial charge in [-0.05, 0) is 13.0 Å². The molecule has 18 heavy (non-hydrogen) atoms.